The number of nitrogens with zero attached hydrogens (tertiary/aromatic N) is 1. The first-order valence-electron chi connectivity index (χ1n) is 4.49. The summed E-state index contributed by atoms with van der Waals surface area (Å²) in [6.45, 7) is 1.18. The van der Waals surface area contributed by atoms with Crippen LogP contribution in [0.1, 0.15) is 17.5 Å². The predicted octanol–water partition coefficient (Wildman–Crippen LogP) is 0.242. The fourth-order valence-electron chi connectivity index (χ4n) is 1.71. The lowest BCUT2D eigenvalue weighted by atomic mass is 10.1. The normalized spacial score (nSPS) is 15.0. The summed E-state index contributed by atoms with van der Waals surface area (Å²) in [5.41, 5.74) is 2.87. The fourth-order valence-corrected chi connectivity index (χ4v) is 1.71. The molecule has 0 N–H and O–H groups in total. The Balaban J connectivity index is 0.000000845. The largest absolute Gasteiger partial charge is 0.238 e. The van der Waals surface area contributed by atoms with Gasteiger partial charge in [-0.3, -0.25) is 0 Å². The van der Waals surface area contributed by atoms with E-state index in [0.717, 1.165) is 0 Å². The lowest BCUT2D eigenvalue weighted by molar-refractivity contribution is -0.491. The van der Waals surface area contributed by atoms with Gasteiger partial charge in [-0.05, 0) is 18.1 Å². The van der Waals surface area contributed by atoms with Gasteiger partial charge in [-0.25, -0.2) is 4.58 Å². The van der Waals surface area contributed by atoms with Crippen molar-refractivity contribution in [1.82, 2.24) is 0 Å². The first kappa shape index (κ1) is 10.0. The van der Waals surface area contributed by atoms with E-state index in [9.17, 15) is 0 Å². The molecule has 13 heavy (non-hydrogen) atoms. The average Bonchev–Trinajstić information content (AvgIpc) is 2.25. The maximum atomic E-state index is 2.27. The van der Waals surface area contributed by atoms with Crippen molar-refractivity contribution in [2.75, 3.05) is 13.6 Å². The highest BCUT2D eigenvalue weighted by Crippen LogP contribution is 2.11. The molecule has 1 aromatic carbocycles. The van der Waals surface area contributed by atoms with E-state index in [4.69, 9.17) is 0 Å². The van der Waals surface area contributed by atoms with Crippen LogP contribution in [0.5, 0.6) is 0 Å². The number of hydrogen-bond acceptors (Lipinski definition) is 0. The van der Waals surface area contributed by atoms with Crippen LogP contribution in [0.4, 0.5) is 0 Å². The highest BCUT2D eigenvalue weighted by Gasteiger charge is 2.08. The van der Waals surface area contributed by atoms with E-state index in [-0.39, 0.29) is 8.41 Å². The second kappa shape index (κ2) is 4.26. The van der Waals surface area contributed by atoms with Gasteiger partial charge in [-0.15, -0.1) is 0 Å². The van der Waals surface area contributed by atoms with Crippen molar-refractivity contribution >= 4 is 14.6 Å². The van der Waals surface area contributed by atoms with E-state index in [0.29, 0.717) is 0 Å². The second-order valence-corrected chi connectivity index (χ2v) is 3.41. The Labute approximate surface area is 81.7 Å². The van der Waals surface area contributed by atoms with Crippen LogP contribution in [0.15, 0.2) is 24.3 Å². The van der Waals surface area contributed by atoms with Gasteiger partial charge < -0.3 is 0 Å². The van der Waals surface area contributed by atoms with Gasteiger partial charge in [-0.1, -0.05) is 26.6 Å². The van der Waals surface area contributed by atoms with Gasteiger partial charge >= 0.3 is 0 Å². The van der Waals surface area contributed by atoms with Gasteiger partial charge in [0.2, 0.25) is 0 Å². The Kier molecular flexibility index (Phi) is 3.29. The van der Waals surface area contributed by atoms with Gasteiger partial charge in [0.15, 0.2) is 6.21 Å². The van der Waals surface area contributed by atoms with Gasteiger partial charge in [0.05, 0.1) is 0 Å². The van der Waals surface area contributed by atoms with Gasteiger partial charge in [-0.2, -0.15) is 0 Å². The molecule has 0 aliphatic carbocycles. The Morgan fingerprint density at radius 2 is 2.00 bits per heavy atom. The molecule has 0 atom stereocenters. The van der Waals surface area contributed by atoms with Crippen LogP contribution >= 0.6 is 0 Å². The van der Waals surface area contributed by atoms with Crippen LogP contribution in [0, 0.1) is 0 Å². The summed E-state index contributed by atoms with van der Waals surface area (Å²) in [6.07, 6.45) is 4.73. The topological polar surface area (TPSA) is 3.01 Å². The van der Waals surface area contributed by atoms with E-state index in [2.05, 4.69) is 42.1 Å². The Morgan fingerprint density at radius 1 is 1.23 bits per heavy atom. The van der Waals surface area contributed by atoms with E-state index < -0.39 is 0 Å². The number of hydrogen-bond donors (Lipinski definition) is 0. The molecule has 70 valence electrons. The molecule has 0 aromatic heterocycles. The van der Waals surface area contributed by atoms with Crippen LogP contribution in [-0.2, 0) is 6.42 Å². The first-order valence-corrected chi connectivity index (χ1v) is 4.49. The Morgan fingerprint density at radius 3 is 2.85 bits per heavy atom. The lowest BCUT2D eigenvalue weighted by Crippen LogP contribution is -2.06. The highest BCUT2D eigenvalue weighted by molar-refractivity contribution is 5.78. The third-order valence-electron chi connectivity index (χ3n) is 2.37. The predicted molar refractivity (Wildman–Crippen MR) is 62.3 cm³/mol. The van der Waals surface area contributed by atoms with Crippen LogP contribution in [0.25, 0.3) is 0 Å². The van der Waals surface area contributed by atoms with Crippen LogP contribution < -0.4 is 0 Å². The van der Waals surface area contributed by atoms with E-state index in [1.807, 2.05) is 0 Å². The minimum Gasteiger partial charge on any atom is -0.238 e. The molecule has 0 bridgehead atoms. The summed E-state index contributed by atoms with van der Waals surface area (Å²) >= 11 is 0. The molecular formula is C11H18BN. The average molecular weight is 175 g/mol. The minimum atomic E-state index is 0. The summed E-state index contributed by atoms with van der Waals surface area (Å²) in [5, 5.41) is 0. The number of aryl methyl sites for hydroxylation is 1. The van der Waals surface area contributed by atoms with Crippen molar-refractivity contribution in [2.24, 2.45) is 0 Å². The molecule has 0 saturated heterocycles. The molecule has 1 heterocycles. The summed E-state index contributed by atoms with van der Waals surface area (Å²) in [4.78, 5) is 0. The first-order chi connectivity index (χ1) is 5.86. The van der Waals surface area contributed by atoms with Crippen LogP contribution in [0.2, 0.25) is 0 Å². The number of fused-ring (bicyclic) bond motifs is 1. The smallest absolute Gasteiger partial charge is 0.170 e. The third kappa shape index (κ3) is 2.21. The fraction of sp³-hybridized carbons (Fsp3) is 0.364. The standard InChI is InChI=1S/C11H14N.BH4/c1-12-8-4-7-10-5-2-3-6-11(10)9-12;/h2-3,5-6,9H,4,7-8H2,1H3;1H4/q+1;-1. The van der Waals surface area contributed by atoms with Crippen LogP contribution in [-0.4, -0.2) is 32.8 Å². The summed E-state index contributed by atoms with van der Waals surface area (Å²) < 4.78 is 2.27. The Bertz CT molecular complexity index is 318. The molecule has 2 rings (SSSR count). The Hall–Kier alpha value is -1.05. The van der Waals surface area contributed by atoms with Gasteiger partial charge in [0.1, 0.15) is 13.6 Å². The second-order valence-electron chi connectivity index (χ2n) is 3.41. The lowest BCUT2D eigenvalue weighted by Gasteiger charge is -1.97. The summed E-state index contributed by atoms with van der Waals surface area (Å²) in [7, 11) is 2.14. The van der Waals surface area contributed by atoms with E-state index >= 15 is 0 Å². The molecule has 0 saturated carbocycles. The molecule has 1 nitrogen and oxygen atoms in total. The third-order valence-corrected chi connectivity index (χ3v) is 2.37. The zero-order valence-electron chi connectivity index (χ0n) is 7.46. The van der Waals surface area contributed by atoms with E-state index in [1.54, 1.807) is 0 Å². The molecule has 1 aliphatic heterocycles. The molecule has 0 spiro atoms. The summed E-state index contributed by atoms with van der Waals surface area (Å²) in [6, 6.07) is 8.65. The zero-order chi connectivity index (χ0) is 8.39. The van der Waals surface area contributed by atoms with Gasteiger partial charge in [0, 0.05) is 12.0 Å². The number of rotatable bonds is 0. The molecular weight excluding hydrogens is 157 g/mol. The molecule has 1 aromatic rings. The van der Waals surface area contributed by atoms with Crippen molar-refractivity contribution in [3.05, 3.63) is 35.4 Å². The van der Waals surface area contributed by atoms with Crippen molar-refractivity contribution in [3.8, 4) is 0 Å². The number of benzene rings is 1. The highest BCUT2D eigenvalue weighted by atomic mass is 14.9. The monoisotopic (exact) mass is 175 g/mol. The van der Waals surface area contributed by atoms with Crippen molar-refractivity contribution in [1.29, 1.82) is 0 Å². The van der Waals surface area contributed by atoms with E-state index in [1.165, 1.54) is 30.5 Å². The summed E-state index contributed by atoms with van der Waals surface area (Å²) in [5.74, 6) is 0. The molecule has 0 unspecified atom stereocenters. The molecule has 0 radical (unpaired) electrons. The van der Waals surface area contributed by atoms with Crippen molar-refractivity contribution < 1.29 is 4.58 Å². The van der Waals surface area contributed by atoms with Crippen LogP contribution in [0.3, 0.4) is 0 Å². The minimum absolute atomic E-state index is 0. The maximum absolute atomic E-state index is 2.27. The van der Waals surface area contributed by atoms with Crippen molar-refractivity contribution in [2.45, 2.75) is 12.8 Å². The quantitative estimate of drug-likeness (QED) is 0.392. The molecule has 0 amide bonds. The molecule has 1 aliphatic rings. The maximum Gasteiger partial charge on any atom is 0.170 e. The zero-order valence-corrected chi connectivity index (χ0v) is 7.46. The molecule has 0 fully saturated rings. The van der Waals surface area contributed by atoms with Gasteiger partial charge in [0.25, 0.3) is 0 Å². The molecule has 2 heteroatoms. The van der Waals surface area contributed by atoms with Crippen molar-refractivity contribution in [3.63, 3.8) is 0 Å². The SMILES string of the molecule is C[N+]1=Cc2ccccc2CCC1.[BH4-].